The van der Waals surface area contributed by atoms with E-state index >= 15 is 0 Å². The van der Waals surface area contributed by atoms with Crippen molar-refractivity contribution in [1.82, 2.24) is 10.6 Å². The van der Waals surface area contributed by atoms with Gasteiger partial charge in [-0.1, -0.05) is 42.5 Å². The molecule has 4 N–H and O–H groups in total. The van der Waals surface area contributed by atoms with Crippen molar-refractivity contribution in [2.24, 2.45) is 0 Å². The molecule has 0 heterocycles. The van der Waals surface area contributed by atoms with Gasteiger partial charge in [0, 0.05) is 13.0 Å². The van der Waals surface area contributed by atoms with E-state index in [0.29, 0.717) is 11.1 Å². The van der Waals surface area contributed by atoms with Crippen LogP contribution >= 0.6 is 0 Å². The van der Waals surface area contributed by atoms with E-state index in [1.165, 1.54) is 0 Å². The van der Waals surface area contributed by atoms with Gasteiger partial charge in [-0.2, -0.15) is 5.26 Å². The second-order valence-corrected chi connectivity index (χ2v) is 6.78. The molecule has 9 heteroatoms. The molecule has 0 aromatic heterocycles. The topological polar surface area (TPSA) is 149 Å². The Morgan fingerprint density at radius 3 is 2.45 bits per heavy atom. The molecule has 2 rings (SSSR count). The quantitative estimate of drug-likeness (QED) is 0.449. The van der Waals surface area contributed by atoms with Crippen molar-refractivity contribution >= 4 is 18.0 Å². The minimum atomic E-state index is -1.24. The summed E-state index contributed by atoms with van der Waals surface area (Å²) in [5.41, 5.74) is 1.77. The van der Waals surface area contributed by atoms with Crippen LogP contribution in [-0.4, -0.2) is 46.9 Å². The SMILES string of the molecule is N#Cc1cccc(C[C@@H](NC(=O)C[C@@H](O)CNC(=O)OCc2ccccc2)C(=O)O)c1. The monoisotopic (exact) mass is 425 g/mol. The van der Waals surface area contributed by atoms with Gasteiger partial charge in [-0.25, -0.2) is 9.59 Å². The Hall–Kier alpha value is -3.90. The van der Waals surface area contributed by atoms with Crippen LogP contribution in [0.2, 0.25) is 0 Å². The molecule has 9 nitrogen and oxygen atoms in total. The Labute approximate surface area is 179 Å². The second kappa shape index (κ2) is 11.9. The highest BCUT2D eigenvalue weighted by Gasteiger charge is 2.22. The van der Waals surface area contributed by atoms with E-state index in [4.69, 9.17) is 10.00 Å². The molecule has 0 unspecified atom stereocenters. The smallest absolute Gasteiger partial charge is 0.407 e. The summed E-state index contributed by atoms with van der Waals surface area (Å²) in [6.07, 6.45) is -2.39. The summed E-state index contributed by atoms with van der Waals surface area (Å²) in [5, 5.41) is 32.9. The van der Waals surface area contributed by atoms with E-state index in [-0.39, 0.29) is 19.6 Å². The van der Waals surface area contributed by atoms with Gasteiger partial charge in [0.1, 0.15) is 12.6 Å². The van der Waals surface area contributed by atoms with Crippen LogP contribution in [0.15, 0.2) is 54.6 Å². The summed E-state index contributed by atoms with van der Waals surface area (Å²) in [6.45, 7) is -0.167. The largest absolute Gasteiger partial charge is 0.480 e. The molecule has 0 aliphatic heterocycles. The van der Waals surface area contributed by atoms with Crippen molar-refractivity contribution in [2.45, 2.75) is 31.6 Å². The second-order valence-electron chi connectivity index (χ2n) is 6.78. The number of nitriles is 1. The highest BCUT2D eigenvalue weighted by atomic mass is 16.5. The molecule has 0 saturated heterocycles. The number of nitrogens with zero attached hydrogens (tertiary/aromatic N) is 1. The molecule has 0 fully saturated rings. The predicted molar refractivity (Wildman–Crippen MR) is 110 cm³/mol. The van der Waals surface area contributed by atoms with E-state index < -0.39 is 36.5 Å². The molecule has 2 aromatic rings. The number of carboxylic acid groups (broad SMARTS) is 1. The van der Waals surface area contributed by atoms with E-state index in [1.54, 1.807) is 36.4 Å². The van der Waals surface area contributed by atoms with E-state index in [0.717, 1.165) is 5.56 Å². The van der Waals surface area contributed by atoms with Crippen LogP contribution in [-0.2, 0) is 27.4 Å². The van der Waals surface area contributed by atoms with Crippen molar-refractivity contribution in [2.75, 3.05) is 6.54 Å². The van der Waals surface area contributed by atoms with Gasteiger partial charge in [0.15, 0.2) is 0 Å². The number of aliphatic hydroxyl groups is 1. The Morgan fingerprint density at radius 2 is 1.77 bits per heavy atom. The molecular weight excluding hydrogens is 402 g/mol. The predicted octanol–water partition coefficient (Wildman–Crippen LogP) is 1.35. The maximum atomic E-state index is 12.1. The Kier molecular flexibility index (Phi) is 9.01. The van der Waals surface area contributed by atoms with Crippen molar-refractivity contribution in [1.29, 1.82) is 5.26 Å². The zero-order valence-electron chi connectivity index (χ0n) is 16.7. The average molecular weight is 425 g/mol. The molecule has 0 bridgehead atoms. The van der Waals surface area contributed by atoms with Gasteiger partial charge in [-0.05, 0) is 23.3 Å². The van der Waals surface area contributed by atoms with Gasteiger partial charge < -0.3 is 25.6 Å². The molecule has 162 valence electrons. The number of rotatable bonds is 10. The van der Waals surface area contributed by atoms with Gasteiger partial charge in [0.05, 0.1) is 24.2 Å². The van der Waals surface area contributed by atoms with Gasteiger partial charge in [0.25, 0.3) is 0 Å². The third kappa shape index (κ3) is 8.55. The number of hydrogen-bond acceptors (Lipinski definition) is 6. The van der Waals surface area contributed by atoms with Gasteiger partial charge in [0.2, 0.25) is 5.91 Å². The first-order valence-electron chi connectivity index (χ1n) is 9.51. The molecular formula is C22H23N3O6. The van der Waals surface area contributed by atoms with Crippen molar-refractivity contribution in [3.05, 3.63) is 71.3 Å². The fourth-order valence-corrected chi connectivity index (χ4v) is 2.72. The number of carbonyl (C=O) groups is 3. The lowest BCUT2D eigenvalue weighted by Crippen LogP contribution is -2.44. The normalized spacial score (nSPS) is 12.1. The minimum absolute atomic E-state index is 0.0171. The van der Waals surface area contributed by atoms with Crippen LogP contribution in [0.25, 0.3) is 0 Å². The molecule has 31 heavy (non-hydrogen) atoms. The molecule has 2 atom stereocenters. The summed E-state index contributed by atoms with van der Waals surface area (Å²) in [6, 6.07) is 16.2. The number of amides is 2. The van der Waals surface area contributed by atoms with Gasteiger partial charge in [-0.15, -0.1) is 0 Å². The molecule has 0 spiro atoms. The fourth-order valence-electron chi connectivity index (χ4n) is 2.72. The van der Waals surface area contributed by atoms with Crippen LogP contribution in [0.3, 0.4) is 0 Å². The Balaban J connectivity index is 1.76. The first kappa shape index (κ1) is 23.4. The zero-order valence-corrected chi connectivity index (χ0v) is 16.7. The lowest BCUT2D eigenvalue weighted by molar-refractivity contribution is -0.142. The Bertz CT molecular complexity index is 942. The third-order valence-electron chi connectivity index (χ3n) is 4.25. The molecule has 0 aliphatic carbocycles. The van der Waals surface area contributed by atoms with Crippen molar-refractivity contribution < 1.29 is 29.3 Å². The number of aliphatic carboxylic acids is 1. The lowest BCUT2D eigenvalue weighted by atomic mass is 10.0. The fraction of sp³-hybridized carbons (Fsp3) is 0.273. The number of nitrogens with one attached hydrogen (secondary N) is 2. The molecule has 2 aromatic carbocycles. The van der Waals surface area contributed by atoms with Gasteiger partial charge in [-0.3, -0.25) is 4.79 Å². The minimum Gasteiger partial charge on any atom is -0.480 e. The number of hydrogen-bond donors (Lipinski definition) is 4. The van der Waals surface area contributed by atoms with E-state index in [9.17, 15) is 24.6 Å². The van der Waals surface area contributed by atoms with Gasteiger partial charge >= 0.3 is 12.1 Å². The summed E-state index contributed by atoms with van der Waals surface area (Å²) < 4.78 is 5.00. The first-order chi connectivity index (χ1) is 14.9. The maximum absolute atomic E-state index is 12.1. The molecule has 2 amide bonds. The van der Waals surface area contributed by atoms with E-state index in [2.05, 4.69) is 10.6 Å². The third-order valence-corrected chi connectivity index (χ3v) is 4.25. The molecule has 0 radical (unpaired) electrons. The first-order valence-corrected chi connectivity index (χ1v) is 9.51. The van der Waals surface area contributed by atoms with Crippen LogP contribution < -0.4 is 10.6 Å². The summed E-state index contributed by atoms with van der Waals surface area (Å²) in [4.78, 5) is 35.3. The highest BCUT2D eigenvalue weighted by Crippen LogP contribution is 2.08. The molecule has 0 saturated carbocycles. The summed E-state index contributed by atoms with van der Waals surface area (Å²) >= 11 is 0. The van der Waals surface area contributed by atoms with Crippen LogP contribution in [0.4, 0.5) is 4.79 Å². The van der Waals surface area contributed by atoms with Crippen LogP contribution in [0, 0.1) is 11.3 Å². The standard InChI is InChI=1S/C22H23N3O6/c23-12-17-8-4-7-16(9-17)10-19(21(28)29)25-20(27)11-18(26)13-24-22(30)31-14-15-5-2-1-3-6-15/h1-9,18-19,26H,10-11,13-14H2,(H,24,30)(H,25,27)(H,28,29)/t18-,19-/m1/s1. The summed E-state index contributed by atoms with van der Waals surface area (Å²) in [5.74, 6) is -1.93. The number of carboxylic acids is 1. The van der Waals surface area contributed by atoms with E-state index in [1.807, 2.05) is 24.3 Å². The zero-order chi connectivity index (χ0) is 22.6. The van der Waals surface area contributed by atoms with Crippen LogP contribution in [0.5, 0.6) is 0 Å². The summed E-state index contributed by atoms with van der Waals surface area (Å²) in [7, 11) is 0. The number of alkyl carbamates (subject to hydrolysis) is 1. The number of aliphatic hydroxyl groups excluding tert-OH is 1. The molecule has 0 aliphatic rings. The number of carbonyl (C=O) groups excluding carboxylic acids is 2. The van der Waals surface area contributed by atoms with Crippen molar-refractivity contribution in [3.63, 3.8) is 0 Å². The highest BCUT2D eigenvalue weighted by molar-refractivity contribution is 5.84. The van der Waals surface area contributed by atoms with Crippen molar-refractivity contribution in [3.8, 4) is 6.07 Å². The lowest BCUT2D eigenvalue weighted by Gasteiger charge is -2.17. The number of benzene rings is 2. The van der Waals surface area contributed by atoms with Crippen LogP contribution in [0.1, 0.15) is 23.1 Å². The number of ether oxygens (including phenoxy) is 1. The maximum Gasteiger partial charge on any atom is 0.407 e. The Morgan fingerprint density at radius 1 is 1.06 bits per heavy atom. The average Bonchev–Trinajstić information content (AvgIpc) is 2.76.